The molecule has 2 fully saturated rings. The molecule has 1 saturated heterocycles. The number of fused-ring (bicyclic) bond motifs is 4. The lowest BCUT2D eigenvalue weighted by Crippen LogP contribution is -2.50. The molecular formula is C23H25F2N3O3S. The molecule has 0 unspecified atom stereocenters. The first-order valence-electron chi connectivity index (χ1n) is 10.9. The molecule has 2 aromatic rings. The van der Waals surface area contributed by atoms with Gasteiger partial charge in [0.05, 0.1) is 17.3 Å². The average molecular weight is 462 g/mol. The van der Waals surface area contributed by atoms with Gasteiger partial charge in [-0.05, 0) is 36.8 Å². The van der Waals surface area contributed by atoms with Gasteiger partial charge in [-0.1, -0.05) is 20.8 Å². The van der Waals surface area contributed by atoms with Gasteiger partial charge in [0.1, 0.15) is 17.7 Å². The largest absolute Gasteiger partial charge is 0.461 e. The normalized spacial score (nSPS) is 33.0. The van der Waals surface area contributed by atoms with Gasteiger partial charge in [0.25, 0.3) is 0 Å². The molecule has 6 nitrogen and oxygen atoms in total. The first kappa shape index (κ1) is 21.3. The molecule has 1 saturated carbocycles. The van der Waals surface area contributed by atoms with Crippen LogP contribution in [0.5, 0.6) is 0 Å². The van der Waals surface area contributed by atoms with Crippen LogP contribution in [-0.4, -0.2) is 23.1 Å². The van der Waals surface area contributed by atoms with E-state index in [0.717, 1.165) is 35.9 Å². The van der Waals surface area contributed by atoms with Crippen molar-refractivity contribution in [1.29, 1.82) is 0 Å². The molecule has 2 amide bonds. The molecular weight excluding hydrogens is 436 g/mol. The van der Waals surface area contributed by atoms with Gasteiger partial charge < -0.3 is 10.1 Å². The van der Waals surface area contributed by atoms with Gasteiger partial charge in [0.2, 0.25) is 0 Å². The second-order valence-electron chi connectivity index (χ2n) is 9.57. The zero-order chi connectivity index (χ0) is 22.8. The van der Waals surface area contributed by atoms with Gasteiger partial charge in [-0.2, -0.15) is 0 Å². The number of carbonyl (C=O) groups is 2. The van der Waals surface area contributed by atoms with Crippen LogP contribution >= 0.6 is 11.3 Å². The summed E-state index contributed by atoms with van der Waals surface area (Å²) in [5.74, 6) is -1.22. The van der Waals surface area contributed by atoms with Crippen LogP contribution in [0.3, 0.4) is 0 Å². The second-order valence-corrected chi connectivity index (χ2v) is 10.7. The van der Waals surface area contributed by atoms with Crippen molar-refractivity contribution in [2.45, 2.75) is 52.1 Å². The maximum atomic E-state index is 13.8. The number of anilines is 2. The quantitative estimate of drug-likeness (QED) is 0.594. The summed E-state index contributed by atoms with van der Waals surface area (Å²) < 4.78 is 32.8. The maximum Gasteiger partial charge on any atom is 0.325 e. The number of carbonyl (C=O) groups excluding carboxylic acids is 2. The van der Waals surface area contributed by atoms with Gasteiger partial charge in [0, 0.05) is 28.7 Å². The van der Waals surface area contributed by atoms with Crippen molar-refractivity contribution in [3.63, 3.8) is 0 Å². The number of nitrogens with one attached hydrogen (secondary N) is 2. The molecule has 6 atom stereocenters. The van der Waals surface area contributed by atoms with Crippen LogP contribution in [0.25, 0.3) is 0 Å². The highest BCUT2D eigenvalue weighted by Crippen LogP contribution is 2.59. The molecule has 0 radical (unpaired) electrons. The summed E-state index contributed by atoms with van der Waals surface area (Å²) in [7, 11) is 0. The van der Waals surface area contributed by atoms with Crippen LogP contribution in [0, 0.1) is 34.8 Å². The molecule has 1 aromatic heterocycles. The molecule has 1 aromatic carbocycles. The Kier molecular flexibility index (Phi) is 5.00. The van der Waals surface area contributed by atoms with Crippen molar-refractivity contribution in [1.82, 2.24) is 4.98 Å². The number of thiazole rings is 1. The number of nitrogens with zero attached hydrogens (tertiary/aromatic N) is 1. The van der Waals surface area contributed by atoms with E-state index in [-0.39, 0.29) is 46.8 Å². The van der Waals surface area contributed by atoms with Crippen molar-refractivity contribution < 1.29 is 23.1 Å². The number of esters is 1. The molecule has 3 aliphatic rings. The minimum atomic E-state index is -0.848. The minimum absolute atomic E-state index is 0.00122. The SMILES string of the molecule is C[C@@H]1C(=O)O[C@H]2[C@H]1CC[C@@]1(C)Cc3sc(NC(=O)Nc4ccc(F)cc4F)nc3[C@@H](C)[C@H]21. The highest BCUT2D eigenvalue weighted by molar-refractivity contribution is 7.15. The summed E-state index contributed by atoms with van der Waals surface area (Å²) in [5.41, 5.74) is 0.818. The minimum Gasteiger partial charge on any atom is -0.461 e. The monoisotopic (exact) mass is 461 g/mol. The lowest BCUT2D eigenvalue weighted by Gasteiger charge is -2.51. The van der Waals surface area contributed by atoms with Crippen LogP contribution in [0.15, 0.2) is 18.2 Å². The summed E-state index contributed by atoms with van der Waals surface area (Å²) >= 11 is 1.42. The molecule has 1 aliphatic heterocycles. The summed E-state index contributed by atoms with van der Waals surface area (Å²) in [6.45, 7) is 6.35. The number of aromatic nitrogens is 1. The summed E-state index contributed by atoms with van der Waals surface area (Å²) in [4.78, 5) is 30.4. The Hall–Kier alpha value is -2.55. The molecule has 0 spiro atoms. The molecule has 2 N–H and O–H groups in total. The van der Waals surface area contributed by atoms with Crippen molar-refractivity contribution in [2.24, 2.45) is 23.2 Å². The molecule has 2 aliphatic carbocycles. The highest BCUT2D eigenvalue weighted by Gasteiger charge is 2.58. The van der Waals surface area contributed by atoms with Gasteiger partial charge in [0.15, 0.2) is 5.13 Å². The van der Waals surface area contributed by atoms with Crippen molar-refractivity contribution in [3.05, 3.63) is 40.4 Å². The zero-order valence-corrected chi connectivity index (χ0v) is 18.9. The summed E-state index contributed by atoms with van der Waals surface area (Å²) in [6, 6.07) is 2.32. The third kappa shape index (κ3) is 3.37. The van der Waals surface area contributed by atoms with Crippen LogP contribution in [-0.2, 0) is 16.0 Å². The number of halogens is 2. The van der Waals surface area contributed by atoms with Gasteiger partial charge >= 0.3 is 12.0 Å². The number of urea groups is 1. The van der Waals surface area contributed by atoms with Gasteiger partial charge in [-0.25, -0.2) is 18.6 Å². The Balaban J connectivity index is 1.36. The number of benzene rings is 1. The van der Waals surface area contributed by atoms with E-state index in [2.05, 4.69) is 29.5 Å². The Morgan fingerprint density at radius 2 is 2.03 bits per heavy atom. The number of hydrogen-bond donors (Lipinski definition) is 2. The van der Waals surface area contributed by atoms with Crippen molar-refractivity contribution in [3.8, 4) is 0 Å². The standard InChI is InChI=1S/C23H25F2N3O3S/c1-10-13-6-7-23(3)9-16-18(11(2)17(23)19(13)31-20(10)29)27-22(32-16)28-21(30)26-15-5-4-12(24)8-14(15)25/h4-5,8,10-11,13,17,19H,6-7,9H2,1-3H3,(H2,26,27,28,30)/t10-,11-,13-,17+,19-,23-/m0/s1. The third-order valence-electron chi connectivity index (χ3n) is 7.56. The van der Waals surface area contributed by atoms with E-state index < -0.39 is 17.7 Å². The number of rotatable bonds is 2. The molecule has 0 bridgehead atoms. The number of amides is 2. The average Bonchev–Trinajstić information content (AvgIpc) is 3.23. The molecule has 5 rings (SSSR count). The third-order valence-corrected chi connectivity index (χ3v) is 8.54. The molecule has 170 valence electrons. The van der Waals surface area contributed by atoms with Crippen LogP contribution in [0.1, 0.15) is 50.1 Å². The van der Waals surface area contributed by atoms with E-state index in [1.165, 1.54) is 17.4 Å². The molecule has 2 heterocycles. The topological polar surface area (TPSA) is 80.3 Å². The smallest absolute Gasteiger partial charge is 0.325 e. The van der Waals surface area contributed by atoms with Crippen molar-refractivity contribution >= 4 is 34.2 Å². The predicted octanol–water partition coefficient (Wildman–Crippen LogP) is 5.32. The van der Waals surface area contributed by atoms with Crippen LogP contribution in [0.2, 0.25) is 0 Å². The van der Waals surface area contributed by atoms with E-state index in [1.807, 2.05) is 6.92 Å². The lowest BCUT2D eigenvalue weighted by atomic mass is 9.54. The number of hydrogen-bond acceptors (Lipinski definition) is 5. The molecule has 9 heteroatoms. The fourth-order valence-electron chi connectivity index (χ4n) is 5.97. The zero-order valence-electron chi connectivity index (χ0n) is 18.1. The Morgan fingerprint density at radius 1 is 1.25 bits per heavy atom. The first-order valence-corrected chi connectivity index (χ1v) is 11.7. The van der Waals surface area contributed by atoms with Crippen LogP contribution < -0.4 is 10.6 Å². The fraction of sp³-hybridized carbons (Fsp3) is 0.522. The maximum absolute atomic E-state index is 13.8. The Bertz CT molecular complexity index is 1110. The Morgan fingerprint density at radius 3 is 2.78 bits per heavy atom. The first-order chi connectivity index (χ1) is 15.2. The summed E-state index contributed by atoms with van der Waals surface area (Å²) in [5, 5.41) is 5.50. The van der Waals surface area contributed by atoms with E-state index >= 15 is 0 Å². The fourth-order valence-corrected chi connectivity index (χ4v) is 7.23. The van der Waals surface area contributed by atoms with E-state index in [1.54, 1.807) is 0 Å². The van der Waals surface area contributed by atoms with Gasteiger partial charge in [-0.15, -0.1) is 11.3 Å². The van der Waals surface area contributed by atoms with E-state index in [0.29, 0.717) is 11.2 Å². The van der Waals surface area contributed by atoms with Crippen LogP contribution in [0.4, 0.5) is 24.4 Å². The highest BCUT2D eigenvalue weighted by atomic mass is 32.1. The summed E-state index contributed by atoms with van der Waals surface area (Å²) in [6.07, 6.45) is 2.72. The van der Waals surface area contributed by atoms with Gasteiger partial charge in [-0.3, -0.25) is 10.1 Å². The van der Waals surface area contributed by atoms with E-state index in [4.69, 9.17) is 4.74 Å². The molecule has 32 heavy (non-hydrogen) atoms. The Labute approximate surface area is 188 Å². The second kappa shape index (κ2) is 7.50. The predicted molar refractivity (Wildman–Crippen MR) is 117 cm³/mol. The van der Waals surface area contributed by atoms with E-state index in [9.17, 15) is 18.4 Å². The van der Waals surface area contributed by atoms with Crippen molar-refractivity contribution in [2.75, 3.05) is 10.6 Å². The lowest BCUT2D eigenvalue weighted by molar-refractivity contribution is -0.149. The number of ether oxygens (including phenoxy) is 1.